The van der Waals surface area contributed by atoms with Crippen molar-refractivity contribution in [1.82, 2.24) is 10.6 Å². The smallest absolute Gasteiger partial charge is 0.323 e. The van der Waals surface area contributed by atoms with E-state index in [1.807, 2.05) is 18.2 Å². The fourth-order valence-corrected chi connectivity index (χ4v) is 5.41. The van der Waals surface area contributed by atoms with Crippen molar-refractivity contribution in [3.05, 3.63) is 70.1 Å². The summed E-state index contributed by atoms with van der Waals surface area (Å²) in [6.07, 6.45) is 3.96. The van der Waals surface area contributed by atoms with Crippen LogP contribution < -0.4 is 10.6 Å². The van der Waals surface area contributed by atoms with Gasteiger partial charge in [-0.3, -0.25) is 9.59 Å². The van der Waals surface area contributed by atoms with Gasteiger partial charge in [0.15, 0.2) is 18.1 Å². The molecule has 0 bridgehead atoms. The Hall–Kier alpha value is -3.22. The molecule has 7 nitrogen and oxygen atoms in total. The minimum absolute atomic E-state index is 0.212. The first-order chi connectivity index (χ1) is 17.7. The minimum atomic E-state index is -0.354. The van der Waals surface area contributed by atoms with Crippen LogP contribution in [0.3, 0.4) is 0 Å². The molecule has 186 valence electrons. The van der Waals surface area contributed by atoms with Gasteiger partial charge >= 0.3 is 5.97 Å². The highest BCUT2D eigenvalue weighted by Gasteiger charge is 2.26. The highest BCUT2D eigenvalue weighted by molar-refractivity contribution is 5.99. The third-order valence-electron chi connectivity index (χ3n) is 7.40. The van der Waals surface area contributed by atoms with Crippen LogP contribution in [0.25, 0.3) is 16.7 Å². The van der Waals surface area contributed by atoms with Gasteiger partial charge in [0.05, 0.1) is 19.3 Å². The molecule has 2 aromatic carbocycles. The van der Waals surface area contributed by atoms with Crippen LogP contribution in [0.15, 0.2) is 47.9 Å². The van der Waals surface area contributed by atoms with Crippen LogP contribution in [0.4, 0.5) is 0 Å². The Morgan fingerprint density at radius 1 is 0.944 bits per heavy atom. The van der Waals surface area contributed by atoms with E-state index in [2.05, 4.69) is 34.6 Å². The van der Waals surface area contributed by atoms with Crippen molar-refractivity contribution in [2.24, 2.45) is 0 Å². The molecule has 4 heterocycles. The maximum Gasteiger partial charge on any atom is 0.323 e. The molecule has 0 aromatic heterocycles. The molecule has 2 saturated heterocycles. The van der Waals surface area contributed by atoms with Crippen LogP contribution in [0.2, 0.25) is 0 Å². The lowest BCUT2D eigenvalue weighted by Crippen LogP contribution is -2.33. The average molecular weight is 487 g/mol. The van der Waals surface area contributed by atoms with E-state index in [0.29, 0.717) is 25.4 Å². The van der Waals surface area contributed by atoms with Crippen molar-refractivity contribution in [1.29, 1.82) is 0 Å². The fourth-order valence-electron chi connectivity index (χ4n) is 5.41. The largest absolute Gasteiger partial charge is 0.483 e. The van der Waals surface area contributed by atoms with Crippen LogP contribution >= 0.6 is 0 Å². The van der Waals surface area contributed by atoms with Crippen molar-refractivity contribution in [3.8, 4) is 11.1 Å². The van der Waals surface area contributed by atoms with Crippen LogP contribution in [0, 0.1) is 0 Å². The number of hydrogen-bond donors (Lipinski definition) is 2. The first kappa shape index (κ1) is 23.2. The number of nitrogens with one attached hydrogen (secondary N) is 2. The Bertz CT molecular complexity index is 1260. The third kappa shape index (κ3) is 4.63. The third-order valence-corrected chi connectivity index (χ3v) is 7.40. The Labute approximate surface area is 210 Å². The number of benzene rings is 2. The number of ketones is 1. The van der Waals surface area contributed by atoms with Gasteiger partial charge in [-0.2, -0.15) is 0 Å². The maximum absolute atomic E-state index is 12.7. The number of ether oxygens (including phenoxy) is 3. The van der Waals surface area contributed by atoms with Gasteiger partial charge in [-0.1, -0.05) is 30.0 Å². The van der Waals surface area contributed by atoms with E-state index in [1.54, 1.807) is 0 Å². The summed E-state index contributed by atoms with van der Waals surface area (Å²) in [7, 11) is 0. The topological polar surface area (TPSA) is 85.9 Å². The number of carbonyl (C=O) groups is 2. The molecule has 4 aliphatic heterocycles. The van der Waals surface area contributed by atoms with E-state index in [1.165, 1.54) is 6.42 Å². The zero-order chi connectivity index (χ0) is 24.5. The lowest BCUT2D eigenvalue weighted by Gasteiger charge is -2.13. The highest BCUT2D eigenvalue weighted by atomic mass is 16.5. The zero-order valence-corrected chi connectivity index (χ0v) is 20.2. The molecule has 2 N–H and O–H groups in total. The molecule has 0 spiro atoms. The highest BCUT2D eigenvalue weighted by Crippen LogP contribution is 2.35. The van der Waals surface area contributed by atoms with Crippen LogP contribution in [-0.2, 0) is 32.2 Å². The van der Waals surface area contributed by atoms with Gasteiger partial charge in [0.25, 0.3) is 0 Å². The van der Waals surface area contributed by atoms with Gasteiger partial charge in [0.1, 0.15) is 12.6 Å². The summed E-state index contributed by atoms with van der Waals surface area (Å²) in [5, 5.41) is 6.56. The summed E-state index contributed by atoms with van der Waals surface area (Å²) in [5.74, 6) is 0.353. The van der Waals surface area contributed by atoms with Gasteiger partial charge < -0.3 is 24.8 Å². The van der Waals surface area contributed by atoms with E-state index in [9.17, 15) is 9.59 Å². The standard InChI is InChI=1S/C29H30N2O5/c32-27(17-36-29(33)26-4-2-10-31-26)19-6-8-24-22(12-19)15-34-14-21-11-18(5-7-23(21)24)20-13-28(35-16-20)25-3-1-9-30-25/h5-8,11-12,25-26,30-31H,1-4,9-10,14-17H2. The molecular formula is C29H30N2O5. The van der Waals surface area contributed by atoms with E-state index in [-0.39, 0.29) is 30.4 Å². The first-order valence-electron chi connectivity index (χ1n) is 12.8. The van der Waals surface area contributed by atoms with Gasteiger partial charge in [-0.25, -0.2) is 0 Å². The first-order valence-corrected chi connectivity index (χ1v) is 12.8. The number of esters is 1. The van der Waals surface area contributed by atoms with Gasteiger partial charge in [0.2, 0.25) is 0 Å². The lowest BCUT2D eigenvalue weighted by molar-refractivity contribution is -0.144. The molecule has 2 atom stereocenters. The second-order valence-electron chi connectivity index (χ2n) is 9.82. The Kier molecular flexibility index (Phi) is 6.46. The second kappa shape index (κ2) is 10.0. The summed E-state index contributed by atoms with van der Waals surface area (Å²) in [6, 6.07) is 12.0. The van der Waals surface area contributed by atoms with E-state index in [4.69, 9.17) is 14.2 Å². The predicted molar refractivity (Wildman–Crippen MR) is 134 cm³/mol. The van der Waals surface area contributed by atoms with Crippen molar-refractivity contribution in [2.75, 3.05) is 26.3 Å². The number of carbonyl (C=O) groups excluding carboxylic acids is 2. The molecule has 7 heteroatoms. The van der Waals surface area contributed by atoms with Crippen molar-refractivity contribution < 1.29 is 23.8 Å². The number of rotatable bonds is 6. The van der Waals surface area contributed by atoms with Gasteiger partial charge in [-0.05, 0) is 78.7 Å². The SMILES string of the molecule is O=C(COC(=O)C1CCCN1)c1ccc2c(c1)COCc1cc(C3=C=C(C4CCCN4)OC3)ccc1-2. The summed E-state index contributed by atoms with van der Waals surface area (Å²) in [5.41, 5.74) is 10.4. The van der Waals surface area contributed by atoms with Crippen molar-refractivity contribution >= 4 is 17.3 Å². The second-order valence-corrected chi connectivity index (χ2v) is 9.82. The molecule has 0 saturated carbocycles. The fraction of sp³-hybridized carbons (Fsp3) is 0.414. The van der Waals surface area contributed by atoms with E-state index in [0.717, 1.165) is 71.5 Å². The number of Topliss-reactive ketones (excluding diaryl/α,β-unsaturated/α-hetero) is 1. The Balaban J connectivity index is 1.20. The summed E-state index contributed by atoms with van der Waals surface area (Å²) >= 11 is 0. The Morgan fingerprint density at radius 3 is 2.50 bits per heavy atom. The summed E-state index contributed by atoms with van der Waals surface area (Å²) in [6.45, 7) is 3.02. The molecular weight excluding hydrogens is 456 g/mol. The average Bonchev–Trinajstić information content (AvgIpc) is 3.68. The van der Waals surface area contributed by atoms with Crippen molar-refractivity contribution in [3.63, 3.8) is 0 Å². The van der Waals surface area contributed by atoms with E-state index < -0.39 is 0 Å². The summed E-state index contributed by atoms with van der Waals surface area (Å²) < 4.78 is 17.2. The van der Waals surface area contributed by atoms with Gasteiger partial charge in [0, 0.05) is 11.1 Å². The molecule has 4 aliphatic rings. The van der Waals surface area contributed by atoms with Crippen LogP contribution in [0.1, 0.15) is 52.7 Å². The molecule has 0 amide bonds. The lowest BCUT2D eigenvalue weighted by atomic mass is 9.92. The zero-order valence-electron chi connectivity index (χ0n) is 20.2. The summed E-state index contributed by atoms with van der Waals surface area (Å²) in [4.78, 5) is 24.9. The predicted octanol–water partition coefficient (Wildman–Crippen LogP) is 3.51. The van der Waals surface area contributed by atoms with E-state index >= 15 is 0 Å². The Morgan fingerprint density at radius 2 is 1.72 bits per heavy atom. The molecule has 2 aromatic rings. The maximum atomic E-state index is 12.7. The van der Waals surface area contributed by atoms with Crippen LogP contribution in [-0.4, -0.2) is 50.1 Å². The van der Waals surface area contributed by atoms with Crippen LogP contribution in [0.5, 0.6) is 0 Å². The van der Waals surface area contributed by atoms with Gasteiger partial charge in [-0.15, -0.1) is 0 Å². The monoisotopic (exact) mass is 486 g/mol. The molecule has 2 fully saturated rings. The molecule has 0 aliphatic carbocycles. The molecule has 6 rings (SSSR count). The minimum Gasteiger partial charge on any atom is -0.483 e. The number of hydrogen-bond acceptors (Lipinski definition) is 7. The molecule has 2 unspecified atom stereocenters. The quantitative estimate of drug-likeness (QED) is 0.367. The normalized spacial score (nSPS) is 22.7. The van der Waals surface area contributed by atoms with Crippen molar-refractivity contribution in [2.45, 2.75) is 51.0 Å². The number of fused-ring (bicyclic) bond motifs is 3. The molecule has 36 heavy (non-hydrogen) atoms. The molecule has 0 radical (unpaired) electrons.